The van der Waals surface area contributed by atoms with Crippen LogP contribution >= 0.6 is 11.8 Å². The van der Waals surface area contributed by atoms with Crippen LogP contribution in [-0.4, -0.2) is 76.4 Å². The number of benzene rings is 2. The number of halogens is 1. The Bertz CT molecular complexity index is 958. The quantitative estimate of drug-likeness (QED) is 0.643. The molecule has 0 N–H and O–H groups in total. The van der Waals surface area contributed by atoms with Crippen molar-refractivity contribution < 1.29 is 18.7 Å². The molecule has 2 aromatic carbocycles. The highest BCUT2D eigenvalue weighted by Gasteiger charge is 2.35. The van der Waals surface area contributed by atoms with E-state index in [2.05, 4.69) is 11.9 Å². The lowest BCUT2D eigenvalue weighted by Crippen LogP contribution is -2.51. The molecule has 0 radical (unpaired) electrons. The summed E-state index contributed by atoms with van der Waals surface area (Å²) in [5.41, 5.74) is 1.18. The van der Waals surface area contributed by atoms with Crippen LogP contribution in [0.15, 0.2) is 52.3 Å². The van der Waals surface area contributed by atoms with E-state index in [9.17, 15) is 9.18 Å². The molecule has 2 aliphatic rings. The second-order valence-electron chi connectivity index (χ2n) is 8.71. The molecule has 2 fully saturated rings. The number of anilines is 1. The molecule has 2 aromatic rings. The van der Waals surface area contributed by atoms with Crippen LogP contribution in [0.3, 0.4) is 0 Å². The first kappa shape index (κ1) is 24.0. The summed E-state index contributed by atoms with van der Waals surface area (Å²) in [5.74, 6) is -0.271. The lowest BCUT2D eigenvalue weighted by Gasteiger charge is -2.36. The van der Waals surface area contributed by atoms with E-state index >= 15 is 0 Å². The number of hydrogen-bond donors (Lipinski definition) is 0. The molecular weight excluding hydrogens is 441 g/mol. The number of hydrogen-bond acceptors (Lipinski definition) is 5. The van der Waals surface area contributed by atoms with Gasteiger partial charge in [-0.3, -0.25) is 4.90 Å². The number of amides is 2. The predicted octanol–water partition coefficient (Wildman–Crippen LogP) is 4.43. The van der Waals surface area contributed by atoms with Gasteiger partial charge in [0.15, 0.2) is 0 Å². The van der Waals surface area contributed by atoms with Crippen molar-refractivity contribution in [1.29, 1.82) is 0 Å². The van der Waals surface area contributed by atoms with Crippen LogP contribution in [-0.2, 0) is 15.1 Å². The molecule has 8 heteroatoms. The number of piperazine rings is 1. The third-order valence-corrected chi connectivity index (χ3v) is 7.59. The smallest absolute Gasteiger partial charge is 0.324 e. The summed E-state index contributed by atoms with van der Waals surface area (Å²) < 4.78 is 25.8. The molecule has 0 spiro atoms. The van der Waals surface area contributed by atoms with Crippen molar-refractivity contribution in [2.24, 2.45) is 0 Å². The van der Waals surface area contributed by atoms with E-state index in [-0.39, 0.29) is 11.8 Å². The van der Waals surface area contributed by atoms with Gasteiger partial charge in [-0.25, -0.2) is 9.18 Å². The fraction of sp³-hybridized carbons (Fsp3) is 0.480. The fourth-order valence-electron chi connectivity index (χ4n) is 4.39. The molecule has 0 aliphatic carbocycles. The number of urea groups is 1. The van der Waals surface area contributed by atoms with Crippen LogP contribution in [0.2, 0.25) is 0 Å². The summed E-state index contributed by atoms with van der Waals surface area (Å²) in [7, 11) is 5.56. The van der Waals surface area contributed by atoms with Gasteiger partial charge in [-0.15, -0.1) is 0 Å². The largest absolute Gasteiger partial charge is 0.381 e. The number of likely N-dealkylation sites (N-methyl/N-ethyl adjacent to an activating group) is 1. The first-order valence-electron chi connectivity index (χ1n) is 11.3. The van der Waals surface area contributed by atoms with Gasteiger partial charge in [-0.2, -0.15) is 0 Å². The minimum Gasteiger partial charge on any atom is -0.381 e. The third-order valence-electron chi connectivity index (χ3n) is 6.61. The third kappa shape index (κ3) is 5.51. The van der Waals surface area contributed by atoms with Gasteiger partial charge in [0, 0.05) is 81.9 Å². The summed E-state index contributed by atoms with van der Waals surface area (Å²) in [6.45, 7) is 4.48. The van der Waals surface area contributed by atoms with Gasteiger partial charge in [-0.05, 0) is 55.1 Å². The van der Waals surface area contributed by atoms with E-state index in [1.54, 1.807) is 31.2 Å². The van der Waals surface area contributed by atoms with E-state index in [1.807, 2.05) is 35.2 Å². The van der Waals surface area contributed by atoms with Gasteiger partial charge in [0.1, 0.15) is 5.82 Å². The second-order valence-corrected chi connectivity index (χ2v) is 9.86. The number of carbonyl (C=O) groups is 1. The molecule has 178 valence electrons. The molecule has 0 bridgehead atoms. The summed E-state index contributed by atoms with van der Waals surface area (Å²) in [6.07, 6.45) is 1.42. The maximum absolute atomic E-state index is 14.5. The van der Waals surface area contributed by atoms with Gasteiger partial charge in [-0.1, -0.05) is 11.8 Å². The van der Waals surface area contributed by atoms with E-state index in [1.165, 1.54) is 11.8 Å². The van der Waals surface area contributed by atoms with Crippen molar-refractivity contribution >= 4 is 23.5 Å². The molecule has 33 heavy (non-hydrogen) atoms. The van der Waals surface area contributed by atoms with Gasteiger partial charge in [0.05, 0.1) is 5.60 Å². The molecule has 2 heterocycles. The molecule has 0 aromatic heterocycles. The topological polar surface area (TPSA) is 45.2 Å². The lowest BCUT2D eigenvalue weighted by molar-refractivity contribution is -0.0950. The van der Waals surface area contributed by atoms with Crippen molar-refractivity contribution in [1.82, 2.24) is 9.80 Å². The van der Waals surface area contributed by atoms with E-state index in [0.29, 0.717) is 26.1 Å². The average molecular weight is 474 g/mol. The van der Waals surface area contributed by atoms with E-state index in [4.69, 9.17) is 9.47 Å². The highest BCUT2D eigenvalue weighted by atomic mass is 32.2. The van der Waals surface area contributed by atoms with Crippen LogP contribution in [0, 0.1) is 5.82 Å². The maximum Gasteiger partial charge on any atom is 0.324 e. The van der Waals surface area contributed by atoms with Crippen LogP contribution in [0.1, 0.15) is 18.4 Å². The Hall–Kier alpha value is -2.13. The zero-order chi connectivity index (χ0) is 23.4. The minimum atomic E-state index is -0.508. The van der Waals surface area contributed by atoms with Gasteiger partial charge < -0.3 is 19.3 Å². The van der Waals surface area contributed by atoms with Crippen molar-refractivity contribution in [3.8, 4) is 0 Å². The Morgan fingerprint density at radius 2 is 1.73 bits per heavy atom. The van der Waals surface area contributed by atoms with Crippen molar-refractivity contribution in [3.05, 3.63) is 53.8 Å². The average Bonchev–Trinajstić information content (AvgIpc) is 2.84. The molecule has 6 nitrogen and oxygen atoms in total. The van der Waals surface area contributed by atoms with Gasteiger partial charge in [0.2, 0.25) is 0 Å². The predicted molar refractivity (Wildman–Crippen MR) is 129 cm³/mol. The molecular formula is C25H32FN3O3S. The molecule has 0 unspecified atom stereocenters. The van der Waals surface area contributed by atoms with Gasteiger partial charge >= 0.3 is 6.03 Å². The van der Waals surface area contributed by atoms with Crippen LogP contribution in [0.5, 0.6) is 0 Å². The monoisotopic (exact) mass is 473 g/mol. The van der Waals surface area contributed by atoms with Crippen LogP contribution < -0.4 is 4.90 Å². The SMILES string of the molecule is COC1(c2cc(F)cc(Sc3ccc(N(C)C(=O)N4CCN(C)CC4)cc3)c2)CCOCC1. The Morgan fingerprint density at radius 3 is 2.36 bits per heavy atom. The van der Waals surface area contributed by atoms with Crippen molar-refractivity contribution in [3.63, 3.8) is 0 Å². The minimum absolute atomic E-state index is 0.0135. The summed E-state index contributed by atoms with van der Waals surface area (Å²) in [4.78, 5) is 20.4. The normalized spacial score (nSPS) is 18.8. The highest BCUT2D eigenvalue weighted by Crippen LogP contribution is 2.39. The Kier molecular flexibility index (Phi) is 7.58. The number of methoxy groups -OCH3 is 1. The van der Waals surface area contributed by atoms with Crippen LogP contribution in [0.25, 0.3) is 0 Å². The number of rotatable bonds is 5. The Labute approximate surface area is 199 Å². The summed E-state index contributed by atoms with van der Waals surface area (Å²) >= 11 is 1.50. The molecule has 4 rings (SSSR count). The number of carbonyl (C=O) groups excluding carboxylic acids is 1. The van der Waals surface area contributed by atoms with Crippen molar-refractivity contribution in [2.75, 3.05) is 65.5 Å². The Morgan fingerprint density at radius 1 is 1.06 bits per heavy atom. The molecule has 2 aliphatic heterocycles. The standard InChI is InChI=1S/C25H32FN3O3S/c1-27-10-12-29(13-11-27)24(30)28(2)21-4-6-22(7-5-21)33-23-17-19(16-20(26)18-23)25(31-3)8-14-32-15-9-25/h4-7,16-18H,8-15H2,1-3H3. The first-order chi connectivity index (χ1) is 15.9. The van der Waals surface area contributed by atoms with E-state index < -0.39 is 5.60 Å². The van der Waals surface area contributed by atoms with Gasteiger partial charge in [0.25, 0.3) is 0 Å². The Balaban J connectivity index is 1.46. The van der Waals surface area contributed by atoms with E-state index in [0.717, 1.165) is 47.2 Å². The number of nitrogens with zero attached hydrogens (tertiary/aromatic N) is 3. The highest BCUT2D eigenvalue weighted by molar-refractivity contribution is 7.99. The van der Waals surface area contributed by atoms with Crippen molar-refractivity contribution in [2.45, 2.75) is 28.2 Å². The first-order valence-corrected chi connectivity index (χ1v) is 12.1. The van der Waals surface area contributed by atoms with Crippen LogP contribution in [0.4, 0.5) is 14.9 Å². The molecule has 2 saturated heterocycles. The zero-order valence-corrected chi connectivity index (χ0v) is 20.4. The molecule has 0 atom stereocenters. The summed E-state index contributed by atoms with van der Waals surface area (Å²) in [5, 5.41) is 0. The second kappa shape index (κ2) is 10.4. The fourth-order valence-corrected chi connectivity index (χ4v) is 5.29. The summed E-state index contributed by atoms with van der Waals surface area (Å²) in [6, 6.07) is 13.0. The maximum atomic E-state index is 14.5. The lowest BCUT2D eigenvalue weighted by atomic mass is 9.86. The zero-order valence-electron chi connectivity index (χ0n) is 19.6. The molecule has 0 saturated carbocycles. The molecule has 2 amide bonds. The number of ether oxygens (including phenoxy) is 2.